The number of nitrogens with one attached hydrogen (secondary N) is 1. The standard InChI is InChI=1S/C21H24FN5.C4H10.C2H6/c1-12(2)24-20-13(3)9-16(10-18(20)22)17-7-8-27-19(17)11-23-21(26-27)25-14(4)15-5-6-15;1-4(2)3;1-2/h7-11,14-15H,5-6H2,1-4H3,(H,25,26);4H,1-3H3;1-2H3. The van der Waals surface area contributed by atoms with E-state index in [1.807, 2.05) is 52.9 Å². The highest BCUT2D eigenvalue weighted by molar-refractivity contribution is 5.85. The molecule has 4 rings (SSSR count). The van der Waals surface area contributed by atoms with Gasteiger partial charge < -0.3 is 5.32 Å². The van der Waals surface area contributed by atoms with Gasteiger partial charge in [-0.2, -0.15) is 0 Å². The van der Waals surface area contributed by atoms with Gasteiger partial charge in [0.05, 0.1) is 11.7 Å². The minimum Gasteiger partial charge on any atom is -0.350 e. The first-order chi connectivity index (χ1) is 15.7. The quantitative estimate of drug-likeness (QED) is 0.400. The van der Waals surface area contributed by atoms with E-state index in [1.54, 1.807) is 10.7 Å². The van der Waals surface area contributed by atoms with Crippen LogP contribution in [-0.2, 0) is 0 Å². The van der Waals surface area contributed by atoms with Gasteiger partial charge in [0.2, 0.25) is 5.95 Å². The van der Waals surface area contributed by atoms with Gasteiger partial charge in [-0.15, -0.1) is 5.10 Å². The Bertz CT molecular complexity index is 1050. The Morgan fingerprint density at radius 3 is 2.33 bits per heavy atom. The molecule has 6 heteroatoms. The summed E-state index contributed by atoms with van der Waals surface area (Å²) < 4.78 is 16.4. The zero-order chi connectivity index (χ0) is 24.7. The number of aliphatic imine (C=N–C) groups is 1. The Morgan fingerprint density at radius 2 is 1.79 bits per heavy atom. The zero-order valence-electron chi connectivity index (χ0n) is 21.7. The van der Waals surface area contributed by atoms with E-state index >= 15 is 0 Å². The number of fused-ring (bicyclic) bond motifs is 1. The monoisotopic (exact) mass is 453 g/mol. The largest absolute Gasteiger partial charge is 0.350 e. The second-order valence-corrected chi connectivity index (χ2v) is 9.33. The van der Waals surface area contributed by atoms with Crippen LogP contribution in [0.2, 0.25) is 0 Å². The zero-order valence-corrected chi connectivity index (χ0v) is 21.7. The molecule has 1 unspecified atom stereocenters. The molecule has 3 aromatic rings. The van der Waals surface area contributed by atoms with E-state index in [-0.39, 0.29) is 5.82 Å². The van der Waals surface area contributed by atoms with E-state index < -0.39 is 0 Å². The Labute approximate surface area is 198 Å². The average molecular weight is 454 g/mol. The van der Waals surface area contributed by atoms with Gasteiger partial charge >= 0.3 is 0 Å². The van der Waals surface area contributed by atoms with Gasteiger partial charge in [0.1, 0.15) is 11.5 Å². The molecule has 0 radical (unpaired) electrons. The predicted octanol–water partition coefficient (Wildman–Crippen LogP) is 7.86. The van der Waals surface area contributed by atoms with Crippen molar-refractivity contribution in [3.63, 3.8) is 0 Å². The summed E-state index contributed by atoms with van der Waals surface area (Å²) in [4.78, 5) is 8.76. The number of rotatable bonds is 5. The molecule has 0 saturated heterocycles. The number of aryl methyl sites for hydroxylation is 1. The molecule has 1 fully saturated rings. The third kappa shape index (κ3) is 7.37. The summed E-state index contributed by atoms with van der Waals surface area (Å²) in [6, 6.07) is 5.82. The molecule has 180 valence electrons. The summed E-state index contributed by atoms with van der Waals surface area (Å²) in [6.45, 7) is 18.3. The van der Waals surface area contributed by atoms with Gasteiger partial charge in [-0.25, -0.2) is 13.9 Å². The highest BCUT2D eigenvalue weighted by atomic mass is 19.1. The molecule has 0 spiro atoms. The fourth-order valence-electron chi connectivity index (χ4n) is 3.39. The maximum absolute atomic E-state index is 14.6. The van der Waals surface area contributed by atoms with E-state index in [1.165, 1.54) is 18.9 Å². The molecule has 0 aliphatic heterocycles. The second kappa shape index (κ2) is 11.9. The van der Waals surface area contributed by atoms with Crippen LogP contribution in [0.3, 0.4) is 0 Å². The lowest BCUT2D eigenvalue weighted by molar-refractivity contribution is 0.629. The number of aromatic nitrogens is 3. The normalized spacial score (nSPS) is 13.5. The van der Waals surface area contributed by atoms with Crippen molar-refractivity contribution in [3.05, 3.63) is 42.0 Å². The van der Waals surface area contributed by atoms with Crippen molar-refractivity contribution in [3.8, 4) is 11.1 Å². The summed E-state index contributed by atoms with van der Waals surface area (Å²) in [6.07, 6.45) is 6.22. The fraction of sp³-hybridized carbons (Fsp3) is 0.519. The van der Waals surface area contributed by atoms with Crippen LogP contribution in [0.25, 0.3) is 16.6 Å². The van der Waals surface area contributed by atoms with E-state index in [4.69, 9.17) is 0 Å². The number of hydrogen-bond acceptors (Lipinski definition) is 4. The minimum atomic E-state index is -0.317. The van der Waals surface area contributed by atoms with Gasteiger partial charge in [0.15, 0.2) is 0 Å². The molecular weight excluding hydrogens is 413 g/mol. The number of halogens is 1. The Hall–Kier alpha value is -2.76. The van der Waals surface area contributed by atoms with E-state index in [2.05, 4.69) is 48.1 Å². The summed E-state index contributed by atoms with van der Waals surface area (Å²) in [5.41, 5.74) is 4.59. The van der Waals surface area contributed by atoms with Crippen molar-refractivity contribution in [1.82, 2.24) is 14.6 Å². The predicted molar refractivity (Wildman–Crippen MR) is 139 cm³/mol. The van der Waals surface area contributed by atoms with Crippen molar-refractivity contribution in [2.45, 2.75) is 81.2 Å². The molecule has 1 aliphatic rings. The van der Waals surface area contributed by atoms with E-state index in [9.17, 15) is 4.39 Å². The van der Waals surface area contributed by atoms with Crippen molar-refractivity contribution < 1.29 is 4.39 Å². The highest BCUT2D eigenvalue weighted by Gasteiger charge is 2.28. The lowest BCUT2D eigenvalue weighted by Crippen LogP contribution is -2.19. The highest BCUT2D eigenvalue weighted by Crippen LogP contribution is 2.34. The third-order valence-electron chi connectivity index (χ3n) is 5.00. The first kappa shape index (κ1) is 26.5. The van der Waals surface area contributed by atoms with E-state index in [0.717, 1.165) is 39.8 Å². The fourth-order valence-corrected chi connectivity index (χ4v) is 3.39. The topological polar surface area (TPSA) is 54.6 Å². The van der Waals surface area contributed by atoms with E-state index in [0.29, 0.717) is 17.7 Å². The van der Waals surface area contributed by atoms with Crippen molar-refractivity contribution in [2.75, 3.05) is 5.32 Å². The van der Waals surface area contributed by atoms with Crippen LogP contribution in [0.5, 0.6) is 0 Å². The first-order valence-electron chi connectivity index (χ1n) is 12.1. The molecule has 1 N–H and O–H groups in total. The van der Waals surface area contributed by atoms with Crippen LogP contribution in [-0.4, -0.2) is 26.4 Å². The SMILES string of the molecule is CC.CC(C)=Nc1c(C)cc(-c2ccn3nc(NC(C)C4CC4)ncc23)cc1F.CC(C)C. The molecule has 1 aliphatic carbocycles. The third-order valence-corrected chi connectivity index (χ3v) is 5.00. The lowest BCUT2D eigenvalue weighted by atomic mass is 10.0. The second-order valence-electron chi connectivity index (χ2n) is 9.33. The summed E-state index contributed by atoms with van der Waals surface area (Å²) in [5, 5.41) is 7.92. The molecular formula is C27H40FN5. The minimum absolute atomic E-state index is 0.317. The molecule has 2 heterocycles. The van der Waals surface area contributed by atoms with Gasteiger partial charge in [0, 0.05) is 23.5 Å². The van der Waals surface area contributed by atoms with Crippen LogP contribution in [0.4, 0.5) is 16.0 Å². The summed E-state index contributed by atoms with van der Waals surface area (Å²) in [5.74, 6) is 1.86. The molecule has 0 bridgehead atoms. The molecule has 33 heavy (non-hydrogen) atoms. The van der Waals surface area contributed by atoms with Gasteiger partial charge in [-0.05, 0) is 81.7 Å². The van der Waals surface area contributed by atoms with Crippen LogP contribution in [0.15, 0.2) is 35.6 Å². The van der Waals surface area contributed by atoms with Crippen LogP contribution in [0, 0.1) is 24.6 Å². The number of anilines is 1. The molecule has 2 aromatic heterocycles. The van der Waals surface area contributed by atoms with Crippen LogP contribution >= 0.6 is 0 Å². The lowest BCUT2D eigenvalue weighted by Gasteiger charge is -2.12. The van der Waals surface area contributed by atoms with Crippen molar-refractivity contribution in [1.29, 1.82) is 0 Å². The Morgan fingerprint density at radius 1 is 1.15 bits per heavy atom. The van der Waals surface area contributed by atoms with Gasteiger partial charge in [-0.1, -0.05) is 34.6 Å². The maximum Gasteiger partial charge on any atom is 0.241 e. The van der Waals surface area contributed by atoms with Crippen LogP contribution < -0.4 is 5.32 Å². The van der Waals surface area contributed by atoms with Crippen molar-refractivity contribution >= 4 is 22.9 Å². The average Bonchev–Trinajstić information content (AvgIpc) is 3.51. The Balaban J connectivity index is 0.000000582. The molecule has 1 atom stereocenters. The van der Waals surface area contributed by atoms with Gasteiger partial charge in [0.25, 0.3) is 0 Å². The molecule has 5 nitrogen and oxygen atoms in total. The van der Waals surface area contributed by atoms with Gasteiger partial charge in [-0.3, -0.25) is 4.99 Å². The first-order valence-corrected chi connectivity index (χ1v) is 12.1. The van der Waals surface area contributed by atoms with Crippen molar-refractivity contribution in [2.24, 2.45) is 16.8 Å². The smallest absolute Gasteiger partial charge is 0.241 e. The molecule has 1 saturated carbocycles. The Kier molecular flexibility index (Phi) is 9.56. The molecule has 0 amide bonds. The maximum atomic E-state index is 14.6. The number of benzene rings is 1. The number of hydrogen-bond donors (Lipinski definition) is 1. The van der Waals surface area contributed by atoms with Crippen LogP contribution in [0.1, 0.15) is 73.8 Å². The molecule has 1 aromatic carbocycles. The summed E-state index contributed by atoms with van der Waals surface area (Å²) in [7, 11) is 0. The number of nitrogens with zero attached hydrogens (tertiary/aromatic N) is 4. The summed E-state index contributed by atoms with van der Waals surface area (Å²) >= 11 is 0.